The maximum Gasteiger partial charge on any atom is 0.387 e. The van der Waals surface area contributed by atoms with Gasteiger partial charge in [-0.1, -0.05) is 12.1 Å². The minimum Gasteiger partial charge on any atom is -0.435 e. The van der Waals surface area contributed by atoms with Gasteiger partial charge in [0.25, 0.3) is 0 Å². The van der Waals surface area contributed by atoms with Gasteiger partial charge in [0, 0.05) is 24.3 Å². The third-order valence-corrected chi connectivity index (χ3v) is 3.47. The molecule has 1 N–H and O–H groups in total. The molecule has 2 aromatic carbocycles. The first-order valence-corrected chi connectivity index (χ1v) is 8.07. The van der Waals surface area contributed by atoms with Gasteiger partial charge in [-0.25, -0.2) is 4.39 Å². The van der Waals surface area contributed by atoms with Crippen molar-refractivity contribution in [3.8, 4) is 11.5 Å². The van der Waals surface area contributed by atoms with Gasteiger partial charge in [0.15, 0.2) is 0 Å². The van der Waals surface area contributed by atoms with Crippen LogP contribution in [0.3, 0.4) is 0 Å². The zero-order valence-electron chi connectivity index (χ0n) is 14.4. The first kappa shape index (κ1) is 21.2. The van der Waals surface area contributed by atoms with E-state index in [9.17, 15) is 26.7 Å². The molecule has 0 aliphatic rings. The molecule has 0 aliphatic heterocycles. The summed E-state index contributed by atoms with van der Waals surface area (Å²) in [6.07, 6.45) is 2.77. The van der Waals surface area contributed by atoms with Crippen LogP contribution >= 0.6 is 0 Å². The molecule has 9 heteroatoms. The lowest BCUT2D eigenvalue weighted by molar-refractivity contribution is -0.116. The van der Waals surface area contributed by atoms with Gasteiger partial charge < -0.3 is 14.8 Å². The molecule has 2 rings (SSSR count). The van der Waals surface area contributed by atoms with E-state index in [1.54, 1.807) is 12.1 Å². The Morgan fingerprint density at radius 3 is 2.32 bits per heavy atom. The highest BCUT2D eigenvalue weighted by Crippen LogP contribution is 2.28. The summed E-state index contributed by atoms with van der Waals surface area (Å²) in [7, 11) is 0. The molecular formula is C19H16F5NO3. The van der Waals surface area contributed by atoms with Gasteiger partial charge >= 0.3 is 13.2 Å². The lowest BCUT2D eigenvalue weighted by Gasteiger charge is -2.11. The van der Waals surface area contributed by atoms with E-state index in [0.717, 1.165) is 23.8 Å². The van der Waals surface area contributed by atoms with E-state index in [-0.39, 0.29) is 23.7 Å². The largest absolute Gasteiger partial charge is 0.435 e. The zero-order valence-corrected chi connectivity index (χ0v) is 14.4. The second kappa shape index (κ2) is 10.3. The van der Waals surface area contributed by atoms with Gasteiger partial charge in [0.2, 0.25) is 5.91 Å². The Hall–Kier alpha value is -3.10. The Morgan fingerprint density at radius 1 is 1.00 bits per heavy atom. The predicted octanol–water partition coefficient (Wildman–Crippen LogP) is 4.40. The Kier molecular flexibility index (Phi) is 7.79. The van der Waals surface area contributed by atoms with Crippen LogP contribution in [0, 0.1) is 5.82 Å². The third-order valence-electron chi connectivity index (χ3n) is 3.47. The summed E-state index contributed by atoms with van der Waals surface area (Å²) >= 11 is 0. The molecular weight excluding hydrogens is 385 g/mol. The summed E-state index contributed by atoms with van der Waals surface area (Å²) in [5, 5.41) is 2.58. The van der Waals surface area contributed by atoms with Crippen LogP contribution < -0.4 is 14.8 Å². The van der Waals surface area contributed by atoms with Gasteiger partial charge in [-0.15, -0.1) is 0 Å². The quantitative estimate of drug-likeness (QED) is 0.501. The molecule has 0 saturated heterocycles. The van der Waals surface area contributed by atoms with Crippen LogP contribution in [0.1, 0.15) is 11.1 Å². The van der Waals surface area contributed by atoms with Crippen molar-refractivity contribution < 1.29 is 36.2 Å². The fraction of sp³-hybridized carbons (Fsp3) is 0.211. The monoisotopic (exact) mass is 401 g/mol. The van der Waals surface area contributed by atoms with Crippen molar-refractivity contribution in [2.75, 3.05) is 6.54 Å². The van der Waals surface area contributed by atoms with Crippen LogP contribution in [-0.4, -0.2) is 25.7 Å². The lowest BCUT2D eigenvalue weighted by Crippen LogP contribution is -2.23. The fourth-order valence-electron chi connectivity index (χ4n) is 2.23. The topological polar surface area (TPSA) is 47.6 Å². The Morgan fingerprint density at radius 2 is 1.68 bits per heavy atom. The van der Waals surface area contributed by atoms with E-state index in [2.05, 4.69) is 14.8 Å². The number of benzene rings is 2. The highest BCUT2D eigenvalue weighted by molar-refractivity contribution is 5.92. The molecule has 0 fully saturated rings. The normalized spacial score (nSPS) is 11.2. The number of hydrogen-bond donors (Lipinski definition) is 1. The summed E-state index contributed by atoms with van der Waals surface area (Å²) in [6, 6.07) is 9.02. The molecule has 4 nitrogen and oxygen atoms in total. The molecule has 0 bridgehead atoms. The SMILES string of the molecule is O=C(/C=C/c1ccc(OC(F)F)cc1OC(F)F)NCCc1ccc(F)cc1. The van der Waals surface area contributed by atoms with E-state index in [0.29, 0.717) is 6.42 Å². The average Bonchev–Trinajstić information content (AvgIpc) is 2.62. The molecule has 0 radical (unpaired) electrons. The van der Waals surface area contributed by atoms with Crippen LogP contribution in [0.2, 0.25) is 0 Å². The molecule has 0 aliphatic carbocycles. The van der Waals surface area contributed by atoms with Crippen LogP contribution in [0.5, 0.6) is 11.5 Å². The highest BCUT2D eigenvalue weighted by atomic mass is 19.3. The summed E-state index contributed by atoms with van der Waals surface area (Å²) in [6.45, 7) is -6.03. The predicted molar refractivity (Wildman–Crippen MR) is 91.9 cm³/mol. The van der Waals surface area contributed by atoms with Gasteiger partial charge in [0.1, 0.15) is 17.3 Å². The van der Waals surface area contributed by atoms with Crippen LogP contribution in [0.25, 0.3) is 6.08 Å². The first-order chi connectivity index (χ1) is 13.3. The molecule has 0 spiro atoms. The maximum atomic E-state index is 12.8. The second-order valence-electron chi connectivity index (χ2n) is 5.46. The molecule has 0 aromatic heterocycles. The van der Waals surface area contributed by atoms with Crippen molar-refractivity contribution in [1.82, 2.24) is 5.32 Å². The van der Waals surface area contributed by atoms with Crippen molar-refractivity contribution in [2.45, 2.75) is 19.6 Å². The summed E-state index contributed by atoms with van der Waals surface area (Å²) in [5.41, 5.74) is 0.906. The molecule has 150 valence electrons. The minimum absolute atomic E-state index is 0.0793. The lowest BCUT2D eigenvalue weighted by atomic mass is 10.1. The Balaban J connectivity index is 1.96. The number of rotatable bonds is 9. The zero-order chi connectivity index (χ0) is 20.5. The number of alkyl halides is 4. The van der Waals surface area contributed by atoms with Crippen LogP contribution in [0.4, 0.5) is 22.0 Å². The van der Waals surface area contributed by atoms with Crippen molar-refractivity contribution in [3.05, 3.63) is 65.5 Å². The first-order valence-electron chi connectivity index (χ1n) is 8.07. The molecule has 0 saturated carbocycles. The van der Waals surface area contributed by atoms with E-state index < -0.39 is 24.9 Å². The minimum atomic E-state index is -3.18. The Bertz CT molecular complexity index is 810. The van der Waals surface area contributed by atoms with E-state index in [1.165, 1.54) is 24.3 Å². The van der Waals surface area contributed by atoms with E-state index in [1.807, 2.05) is 0 Å². The summed E-state index contributed by atoms with van der Waals surface area (Å²) < 4.78 is 70.7. The number of halogens is 5. The third kappa shape index (κ3) is 7.26. The molecule has 0 unspecified atom stereocenters. The number of ether oxygens (including phenoxy) is 2. The maximum absolute atomic E-state index is 12.8. The van der Waals surface area contributed by atoms with Gasteiger partial charge in [-0.3, -0.25) is 4.79 Å². The van der Waals surface area contributed by atoms with Crippen molar-refractivity contribution in [3.63, 3.8) is 0 Å². The van der Waals surface area contributed by atoms with Crippen molar-refractivity contribution >= 4 is 12.0 Å². The molecule has 0 atom stereocenters. The number of amides is 1. The van der Waals surface area contributed by atoms with Crippen molar-refractivity contribution in [1.29, 1.82) is 0 Å². The van der Waals surface area contributed by atoms with E-state index in [4.69, 9.17) is 0 Å². The number of carbonyl (C=O) groups is 1. The Labute approximate surface area is 157 Å². The van der Waals surface area contributed by atoms with Gasteiger partial charge in [-0.2, -0.15) is 17.6 Å². The van der Waals surface area contributed by atoms with Crippen LogP contribution in [0.15, 0.2) is 48.5 Å². The highest BCUT2D eigenvalue weighted by Gasteiger charge is 2.12. The van der Waals surface area contributed by atoms with Gasteiger partial charge in [-0.05, 0) is 42.3 Å². The van der Waals surface area contributed by atoms with Gasteiger partial charge in [0.05, 0.1) is 0 Å². The second-order valence-corrected chi connectivity index (χ2v) is 5.46. The average molecular weight is 401 g/mol. The molecule has 1 amide bonds. The summed E-state index contributed by atoms with van der Waals surface area (Å²) in [5.74, 6) is -1.63. The smallest absolute Gasteiger partial charge is 0.387 e. The number of carbonyl (C=O) groups excluding carboxylic acids is 1. The standard InChI is InChI=1S/C19H16F5NO3/c20-14-5-1-12(2-6-14)9-10-25-17(26)8-4-13-3-7-15(27-18(21)22)11-16(13)28-19(23)24/h1-8,11,18-19H,9-10H2,(H,25,26)/b8-4+. The van der Waals surface area contributed by atoms with E-state index >= 15 is 0 Å². The fourth-order valence-corrected chi connectivity index (χ4v) is 2.23. The molecule has 0 heterocycles. The van der Waals surface area contributed by atoms with Crippen molar-refractivity contribution in [2.24, 2.45) is 0 Å². The number of nitrogens with one attached hydrogen (secondary N) is 1. The summed E-state index contributed by atoms with van der Waals surface area (Å²) in [4.78, 5) is 11.8. The molecule has 28 heavy (non-hydrogen) atoms. The number of hydrogen-bond acceptors (Lipinski definition) is 3. The van der Waals surface area contributed by atoms with Crippen LogP contribution in [-0.2, 0) is 11.2 Å². The molecule has 2 aromatic rings.